The van der Waals surface area contributed by atoms with E-state index in [0.717, 1.165) is 6.04 Å². The minimum absolute atomic E-state index is 0.648. The van der Waals surface area contributed by atoms with Crippen LogP contribution in [0.4, 0.5) is 0 Å². The average Bonchev–Trinajstić information content (AvgIpc) is 2.26. The number of likely N-dealkylation sites (N-methyl/N-ethyl adjacent to an activating group) is 2. The van der Waals surface area contributed by atoms with Gasteiger partial charge in [0.25, 0.3) is 0 Å². The van der Waals surface area contributed by atoms with Crippen molar-refractivity contribution >= 4 is 0 Å². The molecule has 1 unspecified atom stereocenters. The molecule has 1 fully saturated rings. The highest BCUT2D eigenvalue weighted by Gasteiger charge is 2.21. The zero-order valence-electron chi connectivity index (χ0n) is 10.8. The van der Waals surface area contributed by atoms with Gasteiger partial charge >= 0.3 is 0 Å². The van der Waals surface area contributed by atoms with Crippen molar-refractivity contribution < 1.29 is 0 Å². The fourth-order valence-electron chi connectivity index (χ4n) is 2.36. The van der Waals surface area contributed by atoms with E-state index < -0.39 is 0 Å². The molecule has 1 aliphatic heterocycles. The van der Waals surface area contributed by atoms with E-state index in [-0.39, 0.29) is 0 Å². The van der Waals surface area contributed by atoms with Crippen LogP contribution in [-0.2, 0) is 0 Å². The summed E-state index contributed by atoms with van der Waals surface area (Å²) < 4.78 is 0. The molecule has 0 aromatic carbocycles. The van der Waals surface area contributed by atoms with Crippen molar-refractivity contribution in [1.29, 1.82) is 0 Å². The summed E-state index contributed by atoms with van der Waals surface area (Å²) in [6, 6.07) is 1.44. The second-order valence-corrected chi connectivity index (χ2v) is 4.87. The predicted molar refractivity (Wildman–Crippen MR) is 66.3 cm³/mol. The number of nitrogens with zero attached hydrogens (tertiary/aromatic N) is 2. The quantitative estimate of drug-likeness (QED) is 0.735. The molecule has 0 aromatic rings. The lowest BCUT2D eigenvalue weighted by atomic mass is 10.0. The van der Waals surface area contributed by atoms with Gasteiger partial charge in [-0.05, 0) is 53.5 Å². The number of hydrogen-bond donors (Lipinski definition) is 1. The SMILES string of the molecule is CCC(CN(C)C1CCN(C)CC1)NC. The third-order valence-electron chi connectivity index (χ3n) is 3.72. The van der Waals surface area contributed by atoms with Gasteiger partial charge in [-0.1, -0.05) is 6.92 Å². The Bertz CT molecular complexity index is 160. The van der Waals surface area contributed by atoms with Crippen LogP contribution in [0.2, 0.25) is 0 Å². The lowest BCUT2D eigenvalue weighted by Crippen LogP contribution is -2.46. The standard InChI is InChI=1S/C12H27N3/c1-5-11(13-2)10-15(4)12-6-8-14(3)9-7-12/h11-13H,5-10H2,1-4H3. The van der Waals surface area contributed by atoms with Crippen molar-refractivity contribution in [3.63, 3.8) is 0 Å². The maximum atomic E-state index is 3.38. The minimum Gasteiger partial charge on any atom is -0.316 e. The number of piperidine rings is 1. The molecular formula is C12H27N3. The van der Waals surface area contributed by atoms with Gasteiger partial charge in [0.1, 0.15) is 0 Å². The Kier molecular flexibility index (Phi) is 5.58. The first kappa shape index (κ1) is 12.9. The van der Waals surface area contributed by atoms with Gasteiger partial charge in [0, 0.05) is 18.6 Å². The van der Waals surface area contributed by atoms with E-state index in [4.69, 9.17) is 0 Å². The Morgan fingerprint density at radius 2 is 2.00 bits per heavy atom. The van der Waals surface area contributed by atoms with Gasteiger partial charge in [0.2, 0.25) is 0 Å². The molecule has 1 N–H and O–H groups in total. The molecule has 90 valence electrons. The molecule has 0 aliphatic carbocycles. The van der Waals surface area contributed by atoms with Crippen LogP contribution >= 0.6 is 0 Å². The molecule has 1 aliphatic rings. The van der Waals surface area contributed by atoms with Gasteiger partial charge in [-0.25, -0.2) is 0 Å². The maximum absolute atomic E-state index is 3.38. The Morgan fingerprint density at radius 1 is 1.40 bits per heavy atom. The summed E-state index contributed by atoms with van der Waals surface area (Å²) in [5.74, 6) is 0. The molecule has 1 heterocycles. The smallest absolute Gasteiger partial charge is 0.0189 e. The average molecular weight is 213 g/mol. The first-order valence-corrected chi connectivity index (χ1v) is 6.23. The molecule has 15 heavy (non-hydrogen) atoms. The van der Waals surface area contributed by atoms with Gasteiger partial charge in [0.05, 0.1) is 0 Å². The van der Waals surface area contributed by atoms with Crippen molar-refractivity contribution in [1.82, 2.24) is 15.1 Å². The van der Waals surface area contributed by atoms with Crippen LogP contribution in [0.15, 0.2) is 0 Å². The van der Waals surface area contributed by atoms with Crippen molar-refractivity contribution in [2.75, 3.05) is 40.8 Å². The normalized spacial score (nSPS) is 22.2. The molecule has 1 saturated heterocycles. The first-order chi connectivity index (χ1) is 7.17. The van der Waals surface area contributed by atoms with Gasteiger partial charge < -0.3 is 15.1 Å². The van der Waals surface area contributed by atoms with Gasteiger partial charge in [-0.2, -0.15) is 0 Å². The van der Waals surface area contributed by atoms with E-state index in [1.165, 1.54) is 38.9 Å². The third kappa shape index (κ3) is 4.09. The highest BCUT2D eigenvalue weighted by Crippen LogP contribution is 2.14. The number of nitrogens with one attached hydrogen (secondary N) is 1. The highest BCUT2D eigenvalue weighted by molar-refractivity contribution is 4.79. The van der Waals surface area contributed by atoms with Crippen molar-refractivity contribution in [2.45, 2.75) is 38.3 Å². The van der Waals surface area contributed by atoms with Crippen LogP contribution in [0.5, 0.6) is 0 Å². The van der Waals surface area contributed by atoms with Crippen LogP contribution in [0.1, 0.15) is 26.2 Å². The van der Waals surface area contributed by atoms with Crippen molar-refractivity contribution in [2.24, 2.45) is 0 Å². The molecule has 0 spiro atoms. The third-order valence-corrected chi connectivity index (χ3v) is 3.72. The van der Waals surface area contributed by atoms with E-state index in [1.807, 2.05) is 0 Å². The van der Waals surface area contributed by atoms with Crippen LogP contribution in [0, 0.1) is 0 Å². The van der Waals surface area contributed by atoms with Gasteiger partial charge in [-0.3, -0.25) is 0 Å². The molecule has 0 aromatic heterocycles. The molecule has 0 saturated carbocycles. The first-order valence-electron chi connectivity index (χ1n) is 6.23. The van der Waals surface area contributed by atoms with Crippen molar-refractivity contribution in [3.05, 3.63) is 0 Å². The number of likely N-dealkylation sites (tertiary alicyclic amines) is 1. The number of hydrogen-bond acceptors (Lipinski definition) is 3. The summed E-state index contributed by atoms with van der Waals surface area (Å²) >= 11 is 0. The van der Waals surface area contributed by atoms with Crippen LogP contribution in [0.3, 0.4) is 0 Å². The lowest BCUT2D eigenvalue weighted by molar-refractivity contribution is 0.135. The molecule has 3 nitrogen and oxygen atoms in total. The molecule has 3 heteroatoms. The van der Waals surface area contributed by atoms with E-state index in [0.29, 0.717) is 6.04 Å². The maximum Gasteiger partial charge on any atom is 0.0189 e. The Labute approximate surface area is 94.8 Å². The van der Waals surface area contributed by atoms with E-state index in [1.54, 1.807) is 0 Å². The predicted octanol–water partition coefficient (Wildman–Crippen LogP) is 1.01. The fourth-order valence-corrected chi connectivity index (χ4v) is 2.36. The zero-order valence-corrected chi connectivity index (χ0v) is 10.8. The Balaban J connectivity index is 2.30. The second-order valence-electron chi connectivity index (χ2n) is 4.87. The summed E-state index contributed by atoms with van der Waals surface area (Å²) in [6.45, 7) is 5.95. The zero-order chi connectivity index (χ0) is 11.3. The van der Waals surface area contributed by atoms with Crippen LogP contribution in [-0.4, -0.2) is 62.7 Å². The van der Waals surface area contributed by atoms with Crippen molar-refractivity contribution in [3.8, 4) is 0 Å². The molecule has 0 radical (unpaired) electrons. The Hall–Kier alpha value is -0.120. The molecule has 1 rings (SSSR count). The summed E-state index contributed by atoms with van der Waals surface area (Å²) in [6.07, 6.45) is 3.87. The summed E-state index contributed by atoms with van der Waals surface area (Å²) in [7, 11) is 6.56. The van der Waals surface area contributed by atoms with E-state index in [2.05, 4.69) is 43.2 Å². The number of rotatable bonds is 5. The van der Waals surface area contributed by atoms with E-state index in [9.17, 15) is 0 Å². The largest absolute Gasteiger partial charge is 0.316 e. The second kappa shape index (κ2) is 6.46. The van der Waals surface area contributed by atoms with Gasteiger partial charge in [-0.15, -0.1) is 0 Å². The topological polar surface area (TPSA) is 18.5 Å². The fraction of sp³-hybridized carbons (Fsp3) is 1.00. The summed E-state index contributed by atoms with van der Waals surface area (Å²) in [5.41, 5.74) is 0. The molecule has 0 bridgehead atoms. The lowest BCUT2D eigenvalue weighted by Gasteiger charge is -2.36. The molecule has 1 atom stereocenters. The summed E-state index contributed by atoms with van der Waals surface area (Å²) in [4.78, 5) is 4.97. The molecular weight excluding hydrogens is 186 g/mol. The Morgan fingerprint density at radius 3 is 2.47 bits per heavy atom. The minimum atomic E-state index is 0.648. The van der Waals surface area contributed by atoms with E-state index >= 15 is 0 Å². The summed E-state index contributed by atoms with van der Waals surface area (Å²) in [5, 5.41) is 3.38. The van der Waals surface area contributed by atoms with Gasteiger partial charge in [0.15, 0.2) is 0 Å². The monoisotopic (exact) mass is 213 g/mol. The molecule has 0 amide bonds. The van der Waals surface area contributed by atoms with Crippen LogP contribution < -0.4 is 5.32 Å². The highest BCUT2D eigenvalue weighted by atomic mass is 15.2. The van der Waals surface area contributed by atoms with Crippen LogP contribution in [0.25, 0.3) is 0 Å².